The van der Waals surface area contributed by atoms with Crippen molar-refractivity contribution in [2.24, 2.45) is 5.92 Å². The van der Waals surface area contributed by atoms with Crippen LogP contribution >= 0.6 is 0 Å². The van der Waals surface area contributed by atoms with Crippen LogP contribution in [0.5, 0.6) is 0 Å². The predicted molar refractivity (Wildman–Crippen MR) is 63.1 cm³/mol. The average Bonchev–Trinajstić information content (AvgIpc) is 2.77. The Balaban J connectivity index is 1.92. The number of furan rings is 1. The Morgan fingerprint density at radius 3 is 3.12 bits per heavy atom. The maximum absolute atomic E-state index is 9.61. The maximum Gasteiger partial charge on any atom is 0.203 e. The van der Waals surface area contributed by atoms with Crippen LogP contribution in [0.2, 0.25) is 0 Å². The zero-order valence-electron chi connectivity index (χ0n) is 10.1. The molecule has 92 valence electrons. The molecule has 4 nitrogen and oxygen atoms in total. The second-order valence-electron chi connectivity index (χ2n) is 4.76. The summed E-state index contributed by atoms with van der Waals surface area (Å²) in [5, 5.41) is 18.3. The van der Waals surface area contributed by atoms with Crippen LogP contribution in [0, 0.1) is 17.2 Å². The maximum atomic E-state index is 9.61. The molecule has 0 spiro atoms. The minimum atomic E-state index is -0.246. The Bertz CT molecular complexity index is 406. The minimum absolute atomic E-state index is 0.246. The van der Waals surface area contributed by atoms with E-state index in [-0.39, 0.29) is 6.10 Å². The van der Waals surface area contributed by atoms with E-state index in [1.807, 2.05) is 19.1 Å². The second-order valence-corrected chi connectivity index (χ2v) is 4.76. The highest BCUT2D eigenvalue weighted by Gasteiger charge is 2.23. The van der Waals surface area contributed by atoms with Crippen molar-refractivity contribution in [1.82, 2.24) is 4.90 Å². The number of aliphatic hydroxyl groups excluding tert-OH is 1. The van der Waals surface area contributed by atoms with Crippen molar-refractivity contribution in [3.63, 3.8) is 0 Å². The van der Waals surface area contributed by atoms with E-state index >= 15 is 0 Å². The molecule has 1 fully saturated rings. The molecule has 0 amide bonds. The summed E-state index contributed by atoms with van der Waals surface area (Å²) in [4.78, 5) is 2.28. The quantitative estimate of drug-likeness (QED) is 0.865. The van der Waals surface area contributed by atoms with Gasteiger partial charge in [0.15, 0.2) is 0 Å². The van der Waals surface area contributed by atoms with Gasteiger partial charge >= 0.3 is 0 Å². The third-order valence-electron chi connectivity index (χ3n) is 3.38. The Morgan fingerprint density at radius 2 is 2.47 bits per heavy atom. The smallest absolute Gasteiger partial charge is 0.203 e. The van der Waals surface area contributed by atoms with Gasteiger partial charge in [0.25, 0.3) is 0 Å². The highest BCUT2D eigenvalue weighted by atomic mass is 16.3. The first-order chi connectivity index (χ1) is 8.19. The van der Waals surface area contributed by atoms with E-state index in [2.05, 4.69) is 4.90 Å². The van der Waals surface area contributed by atoms with Gasteiger partial charge in [0.2, 0.25) is 5.76 Å². The van der Waals surface area contributed by atoms with E-state index in [9.17, 15) is 5.11 Å². The van der Waals surface area contributed by atoms with Crippen molar-refractivity contribution < 1.29 is 9.52 Å². The van der Waals surface area contributed by atoms with Gasteiger partial charge in [-0.15, -0.1) is 0 Å². The zero-order chi connectivity index (χ0) is 12.3. The molecule has 2 heterocycles. The summed E-state index contributed by atoms with van der Waals surface area (Å²) in [6.45, 7) is 4.52. The van der Waals surface area contributed by atoms with Crippen molar-refractivity contribution >= 4 is 0 Å². The molecule has 1 aromatic rings. The summed E-state index contributed by atoms with van der Waals surface area (Å²) in [5.74, 6) is 1.55. The molecule has 0 aliphatic carbocycles. The number of piperidine rings is 1. The number of nitriles is 1. The van der Waals surface area contributed by atoms with Crippen LogP contribution in [0.15, 0.2) is 16.5 Å². The van der Waals surface area contributed by atoms with Crippen molar-refractivity contribution in [3.05, 3.63) is 23.7 Å². The molecule has 0 radical (unpaired) electrons. The third-order valence-corrected chi connectivity index (χ3v) is 3.38. The molecule has 1 aliphatic heterocycles. The predicted octanol–water partition coefficient (Wildman–Crippen LogP) is 1.74. The number of hydrogen-bond acceptors (Lipinski definition) is 4. The molecule has 2 rings (SSSR count). The highest BCUT2D eigenvalue weighted by Crippen LogP contribution is 2.21. The van der Waals surface area contributed by atoms with Crippen LogP contribution in [0.4, 0.5) is 0 Å². The van der Waals surface area contributed by atoms with E-state index < -0.39 is 0 Å². The Hall–Kier alpha value is -1.31. The van der Waals surface area contributed by atoms with E-state index in [0.717, 1.165) is 38.2 Å². The van der Waals surface area contributed by atoms with Crippen LogP contribution in [0.3, 0.4) is 0 Å². The molecule has 1 N–H and O–H groups in total. The molecule has 0 unspecified atom stereocenters. The van der Waals surface area contributed by atoms with Gasteiger partial charge in [0, 0.05) is 6.54 Å². The summed E-state index contributed by atoms with van der Waals surface area (Å²) in [6, 6.07) is 5.54. The molecule has 2 atom stereocenters. The van der Waals surface area contributed by atoms with E-state index in [0.29, 0.717) is 11.7 Å². The number of likely N-dealkylation sites (tertiary alicyclic amines) is 1. The van der Waals surface area contributed by atoms with E-state index in [4.69, 9.17) is 9.68 Å². The van der Waals surface area contributed by atoms with Crippen LogP contribution < -0.4 is 0 Å². The highest BCUT2D eigenvalue weighted by molar-refractivity contribution is 5.19. The summed E-state index contributed by atoms with van der Waals surface area (Å²) in [6.07, 6.45) is 1.96. The minimum Gasteiger partial charge on any atom is -0.449 e. The number of aliphatic hydroxyl groups is 1. The molecule has 1 aliphatic rings. The Morgan fingerprint density at radius 1 is 1.65 bits per heavy atom. The van der Waals surface area contributed by atoms with Crippen LogP contribution in [0.25, 0.3) is 0 Å². The lowest BCUT2D eigenvalue weighted by Gasteiger charge is -2.33. The summed E-state index contributed by atoms with van der Waals surface area (Å²) >= 11 is 0. The topological polar surface area (TPSA) is 60.4 Å². The fourth-order valence-corrected chi connectivity index (χ4v) is 2.37. The molecule has 0 bridgehead atoms. The zero-order valence-corrected chi connectivity index (χ0v) is 10.1. The van der Waals surface area contributed by atoms with Gasteiger partial charge in [-0.1, -0.05) is 0 Å². The monoisotopic (exact) mass is 234 g/mol. The standard InChI is InChI=1S/C13H18N2O2/c1-10(16)11-3-2-6-15(8-11)9-13-5-4-12(7-14)17-13/h4-5,10-11,16H,2-3,6,8-9H2,1H3/t10-,11-/m0/s1. The van der Waals surface area contributed by atoms with Gasteiger partial charge in [-0.3, -0.25) is 4.90 Å². The van der Waals surface area contributed by atoms with E-state index in [1.54, 1.807) is 6.07 Å². The van der Waals surface area contributed by atoms with Crippen LogP contribution in [-0.4, -0.2) is 29.2 Å². The first-order valence-corrected chi connectivity index (χ1v) is 6.08. The SMILES string of the molecule is C[C@H](O)[C@H]1CCCN(Cc2ccc(C#N)o2)C1. The molecular weight excluding hydrogens is 216 g/mol. The lowest BCUT2D eigenvalue weighted by Crippen LogP contribution is -2.38. The number of rotatable bonds is 3. The lowest BCUT2D eigenvalue weighted by molar-refractivity contribution is 0.0572. The Kier molecular flexibility index (Phi) is 3.82. The largest absolute Gasteiger partial charge is 0.449 e. The van der Waals surface area contributed by atoms with Gasteiger partial charge in [-0.05, 0) is 44.4 Å². The molecule has 0 aromatic carbocycles. The third kappa shape index (κ3) is 3.09. The second kappa shape index (κ2) is 5.35. The van der Waals surface area contributed by atoms with Crippen molar-refractivity contribution in [2.75, 3.05) is 13.1 Å². The first kappa shape index (κ1) is 12.2. The normalized spacial score (nSPS) is 23.2. The van der Waals surface area contributed by atoms with E-state index in [1.165, 1.54) is 0 Å². The van der Waals surface area contributed by atoms with Gasteiger partial charge in [-0.2, -0.15) is 5.26 Å². The lowest BCUT2D eigenvalue weighted by atomic mass is 9.93. The van der Waals surface area contributed by atoms with Gasteiger partial charge in [0.1, 0.15) is 11.8 Å². The fraction of sp³-hybridized carbons (Fsp3) is 0.615. The summed E-state index contributed by atoms with van der Waals surface area (Å²) < 4.78 is 5.37. The first-order valence-electron chi connectivity index (χ1n) is 6.08. The molecule has 1 aromatic heterocycles. The van der Waals surface area contributed by atoms with Crippen molar-refractivity contribution in [3.8, 4) is 6.07 Å². The molecule has 1 saturated heterocycles. The number of hydrogen-bond donors (Lipinski definition) is 1. The van der Waals surface area contributed by atoms with Crippen molar-refractivity contribution in [1.29, 1.82) is 5.26 Å². The number of nitrogens with zero attached hydrogens (tertiary/aromatic N) is 2. The fourth-order valence-electron chi connectivity index (χ4n) is 2.37. The van der Waals surface area contributed by atoms with Gasteiger partial charge < -0.3 is 9.52 Å². The van der Waals surface area contributed by atoms with Crippen LogP contribution in [-0.2, 0) is 6.54 Å². The summed E-state index contributed by atoms with van der Waals surface area (Å²) in [5.41, 5.74) is 0. The molecular formula is C13H18N2O2. The van der Waals surface area contributed by atoms with Gasteiger partial charge in [0.05, 0.1) is 12.6 Å². The van der Waals surface area contributed by atoms with Gasteiger partial charge in [-0.25, -0.2) is 0 Å². The van der Waals surface area contributed by atoms with Crippen LogP contribution in [0.1, 0.15) is 31.3 Å². The molecule has 4 heteroatoms. The molecule has 0 saturated carbocycles. The summed E-state index contributed by atoms with van der Waals surface area (Å²) in [7, 11) is 0. The molecule has 17 heavy (non-hydrogen) atoms. The Labute approximate surface area is 101 Å². The van der Waals surface area contributed by atoms with Crippen molar-refractivity contribution in [2.45, 2.75) is 32.4 Å². The average molecular weight is 234 g/mol.